The fourth-order valence-corrected chi connectivity index (χ4v) is 3.26. The molecule has 1 fully saturated rings. The fraction of sp³-hybridized carbons (Fsp3) is 0.571. The zero-order valence-corrected chi connectivity index (χ0v) is 10.2. The van der Waals surface area contributed by atoms with Gasteiger partial charge in [0.1, 0.15) is 0 Å². The summed E-state index contributed by atoms with van der Waals surface area (Å²) in [6.07, 6.45) is 2.53. The van der Waals surface area contributed by atoms with Crippen molar-refractivity contribution < 1.29 is 0 Å². The third-order valence-corrected chi connectivity index (χ3v) is 4.17. The van der Waals surface area contributed by atoms with Gasteiger partial charge in [0.05, 0.1) is 0 Å². The molecule has 3 rings (SSSR count). The monoisotopic (exact) mass is 216 g/mol. The topological polar surface area (TPSA) is 15.3 Å². The molecule has 2 heteroatoms. The van der Waals surface area contributed by atoms with Crippen LogP contribution in [0.5, 0.6) is 0 Å². The van der Waals surface area contributed by atoms with Crippen LogP contribution >= 0.6 is 0 Å². The van der Waals surface area contributed by atoms with E-state index in [1.54, 1.807) is 0 Å². The maximum atomic E-state index is 3.52. The van der Waals surface area contributed by atoms with Gasteiger partial charge in [0, 0.05) is 25.3 Å². The molecule has 0 aromatic heterocycles. The first-order valence-electron chi connectivity index (χ1n) is 6.29. The van der Waals surface area contributed by atoms with Crippen LogP contribution < -0.4 is 10.2 Å². The van der Waals surface area contributed by atoms with Gasteiger partial charge in [0.15, 0.2) is 0 Å². The molecule has 0 aliphatic carbocycles. The van der Waals surface area contributed by atoms with Crippen molar-refractivity contribution in [1.82, 2.24) is 5.32 Å². The Bertz CT molecular complexity index is 400. The van der Waals surface area contributed by atoms with Crippen LogP contribution in [-0.2, 0) is 6.42 Å². The largest absolute Gasteiger partial charge is 0.371 e. The van der Waals surface area contributed by atoms with Gasteiger partial charge in [0.25, 0.3) is 0 Å². The summed E-state index contributed by atoms with van der Waals surface area (Å²) in [5.41, 5.74) is 4.36. The van der Waals surface area contributed by atoms with Crippen molar-refractivity contribution in [2.75, 3.05) is 25.0 Å². The number of benzene rings is 1. The first kappa shape index (κ1) is 10.2. The fourth-order valence-electron chi connectivity index (χ4n) is 3.26. The average Bonchev–Trinajstić information content (AvgIpc) is 2.31. The zero-order valence-electron chi connectivity index (χ0n) is 10.2. The van der Waals surface area contributed by atoms with Crippen LogP contribution in [0.3, 0.4) is 0 Å². The van der Waals surface area contributed by atoms with Crippen molar-refractivity contribution in [3.8, 4) is 0 Å². The lowest BCUT2D eigenvalue weighted by Crippen LogP contribution is -2.51. The molecule has 1 aromatic rings. The van der Waals surface area contributed by atoms with Crippen LogP contribution in [0.2, 0.25) is 0 Å². The highest BCUT2D eigenvalue weighted by Gasteiger charge is 2.33. The molecule has 1 aromatic carbocycles. The Labute approximate surface area is 97.6 Å². The Morgan fingerprint density at radius 1 is 1.38 bits per heavy atom. The quantitative estimate of drug-likeness (QED) is 0.713. The second kappa shape index (κ2) is 3.77. The summed E-state index contributed by atoms with van der Waals surface area (Å²) in [4.78, 5) is 2.51. The maximum absolute atomic E-state index is 3.52. The summed E-state index contributed by atoms with van der Waals surface area (Å²) >= 11 is 0. The van der Waals surface area contributed by atoms with E-state index < -0.39 is 0 Å². The Hall–Kier alpha value is -1.02. The molecule has 0 spiro atoms. The first-order valence-corrected chi connectivity index (χ1v) is 6.29. The van der Waals surface area contributed by atoms with E-state index in [9.17, 15) is 0 Å². The molecule has 16 heavy (non-hydrogen) atoms. The van der Waals surface area contributed by atoms with Crippen molar-refractivity contribution in [2.24, 2.45) is 5.92 Å². The van der Waals surface area contributed by atoms with E-state index in [1.807, 2.05) is 0 Å². The van der Waals surface area contributed by atoms with E-state index >= 15 is 0 Å². The third-order valence-electron chi connectivity index (χ3n) is 4.17. The predicted molar refractivity (Wildman–Crippen MR) is 68.1 cm³/mol. The molecule has 1 saturated heterocycles. The molecule has 2 nitrogen and oxygen atoms in total. The van der Waals surface area contributed by atoms with Gasteiger partial charge in [0.2, 0.25) is 0 Å². The van der Waals surface area contributed by atoms with Crippen LogP contribution in [0, 0.1) is 12.8 Å². The molecule has 2 atom stereocenters. The number of rotatable bonds is 0. The Kier molecular flexibility index (Phi) is 2.40. The van der Waals surface area contributed by atoms with E-state index in [4.69, 9.17) is 0 Å². The molecule has 0 amide bonds. The van der Waals surface area contributed by atoms with E-state index in [-0.39, 0.29) is 0 Å². The number of hydrogen-bond donors (Lipinski definition) is 1. The smallest absolute Gasteiger partial charge is 0.0401 e. The number of hydrogen-bond acceptors (Lipinski definition) is 2. The molecule has 2 aliphatic rings. The number of nitrogens with zero attached hydrogens (tertiary/aromatic N) is 1. The standard InChI is InChI=1S/C14H20N2/c1-10-3-4-11-8-12-9-15-6-5-13(12)16(2)14(11)7-10/h3-4,7,12-13,15H,5-6,8-9H2,1-2H3. The summed E-state index contributed by atoms with van der Waals surface area (Å²) in [6.45, 7) is 4.54. The molecule has 0 bridgehead atoms. The lowest BCUT2D eigenvalue weighted by molar-refractivity contribution is 0.304. The van der Waals surface area contributed by atoms with Gasteiger partial charge in [-0.3, -0.25) is 0 Å². The van der Waals surface area contributed by atoms with Crippen molar-refractivity contribution in [3.05, 3.63) is 29.3 Å². The minimum atomic E-state index is 0.746. The van der Waals surface area contributed by atoms with Crippen molar-refractivity contribution in [1.29, 1.82) is 0 Å². The summed E-state index contributed by atoms with van der Waals surface area (Å²) in [7, 11) is 2.26. The molecule has 0 radical (unpaired) electrons. The lowest BCUT2D eigenvalue weighted by Gasteiger charge is -2.44. The second-order valence-electron chi connectivity index (χ2n) is 5.27. The molecule has 2 unspecified atom stereocenters. The van der Waals surface area contributed by atoms with Gasteiger partial charge in [-0.25, -0.2) is 0 Å². The summed E-state index contributed by atoms with van der Waals surface area (Å²) in [5.74, 6) is 0.800. The minimum Gasteiger partial charge on any atom is -0.371 e. The van der Waals surface area contributed by atoms with Crippen molar-refractivity contribution in [2.45, 2.75) is 25.8 Å². The highest BCUT2D eigenvalue weighted by atomic mass is 15.2. The van der Waals surface area contributed by atoms with Gasteiger partial charge < -0.3 is 10.2 Å². The van der Waals surface area contributed by atoms with Crippen LogP contribution in [-0.4, -0.2) is 26.2 Å². The Morgan fingerprint density at radius 2 is 2.25 bits per heavy atom. The number of aryl methyl sites for hydroxylation is 1. The maximum Gasteiger partial charge on any atom is 0.0401 e. The van der Waals surface area contributed by atoms with Gasteiger partial charge in [-0.05, 0) is 49.4 Å². The average molecular weight is 216 g/mol. The van der Waals surface area contributed by atoms with E-state index in [2.05, 4.69) is 42.4 Å². The number of nitrogens with one attached hydrogen (secondary N) is 1. The summed E-state index contributed by atoms with van der Waals surface area (Å²) in [6, 6.07) is 7.64. The molecular formula is C14H20N2. The SMILES string of the molecule is Cc1ccc2c(c1)N(C)C1CCNCC1C2. The lowest BCUT2D eigenvalue weighted by atomic mass is 9.82. The summed E-state index contributed by atoms with van der Waals surface area (Å²) < 4.78 is 0. The highest BCUT2D eigenvalue weighted by molar-refractivity contribution is 5.58. The highest BCUT2D eigenvalue weighted by Crippen LogP contribution is 2.35. The first-order chi connectivity index (χ1) is 7.75. The molecular weight excluding hydrogens is 196 g/mol. The van der Waals surface area contributed by atoms with Crippen LogP contribution in [0.15, 0.2) is 18.2 Å². The summed E-state index contributed by atoms with van der Waals surface area (Å²) in [5, 5.41) is 3.52. The Morgan fingerprint density at radius 3 is 3.12 bits per heavy atom. The molecule has 1 N–H and O–H groups in total. The Balaban J connectivity index is 2.00. The molecule has 2 aliphatic heterocycles. The van der Waals surface area contributed by atoms with Crippen LogP contribution in [0.4, 0.5) is 5.69 Å². The number of fused-ring (bicyclic) bond motifs is 2. The number of piperidine rings is 1. The second-order valence-corrected chi connectivity index (χ2v) is 5.27. The van der Waals surface area contributed by atoms with Crippen molar-refractivity contribution in [3.63, 3.8) is 0 Å². The molecule has 2 heterocycles. The zero-order chi connectivity index (χ0) is 11.1. The molecule has 86 valence electrons. The van der Waals surface area contributed by atoms with E-state index in [0.29, 0.717) is 0 Å². The van der Waals surface area contributed by atoms with E-state index in [1.165, 1.54) is 42.7 Å². The number of anilines is 1. The van der Waals surface area contributed by atoms with E-state index in [0.717, 1.165) is 12.0 Å². The van der Waals surface area contributed by atoms with Crippen molar-refractivity contribution >= 4 is 5.69 Å². The van der Waals surface area contributed by atoms with Gasteiger partial charge in [-0.15, -0.1) is 0 Å². The predicted octanol–water partition coefficient (Wildman–Crippen LogP) is 1.97. The third kappa shape index (κ3) is 1.52. The molecule has 0 saturated carbocycles. The van der Waals surface area contributed by atoms with Crippen LogP contribution in [0.1, 0.15) is 17.5 Å². The minimum absolute atomic E-state index is 0.746. The normalized spacial score (nSPS) is 28.5. The van der Waals surface area contributed by atoms with Gasteiger partial charge in [-0.1, -0.05) is 12.1 Å². The van der Waals surface area contributed by atoms with Gasteiger partial charge in [-0.2, -0.15) is 0 Å². The van der Waals surface area contributed by atoms with Gasteiger partial charge >= 0.3 is 0 Å². The van der Waals surface area contributed by atoms with Crippen LogP contribution in [0.25, 0.3) is 0 Å².